The van der Waals surface area contributed by atoms with Crippen LogP contribution in [0.25, 0.3) is 0 Å². The van der Waals surface area contributed by atoms with Gasteiger partial charge >= 0.3 is 5.97 Å². The van der Waals surface area contributed by atoms with Crippen molar-refractivity contribution >= 4 is 11.9 Å². The number of hydrogen-bond donors (Lipinski definition) is 3. The lowest BCUT2D eigenvalue weighted by molar-refractivity contribution is -0.143. The van der Waals surface area contributed by atoms with Crippen LogP contribution in [0.3, 0.4) is 0 Å². The molecule has 0 spiro atoms. The number of esters is 1. The topological polar surface area (TPSA) is 95.9 Å². The second-order valence-corrected chi connectivity index (χ2v) is 21.1. The predicted molar refractivity (Wildman–Crippen MR) is 287 cm³/mol. The van der Waals surface area contributed by atoms with E-state index >= 15 is 0 Å². The van der Waals surface area contributed by atoms with Gasteiger partial charge < -0.3 is 20.3 Å². The van der Waals surface area contributed by atoms with Crippen LogP contribution in [0.15, 0.2) is 0 Å². The summed E-state index contributed by atoms with van der Waals surface area (Å²) in [6.07, 6.45) is 65.4. The second kappa shape index (κ2) is 56.4. The molecular formula is C60H119NO5. The Bertz CT molecular complexity index is 944. The van der Waals surface area contributed by atoms with Gasteiger partial charge in [-0.2, -0.15) is 0 Å². The number of nitrogens with one attached hydrogen (secondary N) is 1. The highest BCUT2D eigenvalue weighted by atomic mass is 16.5. The molecule has 0 saturated carbocycles. The van der Waals surface area contributed by atoms with Gasteiger partial charge in [-0.05, 0) is 25.7 Å². The van der Waals surface area contributed by atoms with Gasteiger partial charge in [0.2, 0.25) is 5.91 Å². The molecule has 6 heteroatoms. The lowest BCUT2D eigenvalue weighted by atomic mass is 10.0. The van der Waals surface area contributed by atoms with E-state index in [9.17, 15) is 19.8 Å². The summed E-state index contributed by atoms with van der Waals surface area (Å²) in [5, 5.41) is 23.2. The number of carbonyl (C=O) groups excluding carboxylic acids is 2. The highest BCUT2D eigenvalue weighted by molar-refractivity contribution is 5.76. The lowest BCUT2D eigenvalue weighted by Gasteiger charge is -2.22. The molecule has 2 unspecified atom stereocenters. The minimum absolute atomic E-state index is 0.0175. The highest BCUT2D eigenvalue weighted by Crippen LogP contribution is 2.18. The minimum Gasteiger partial charge on any atom is -0.466 e. The fourth-order valence-electron chi connectivity index (χ4n) is 9.76. The molecule has 0 radical (unpaired) electrons. The van der Waals surface area contributed by atoms with Gasteiger partial charge in [0.15, 0.2) is 0 Å². The summed E-state index contributed by atoms with van der Waals surface area (Å²) < 4.78 is 5.49. The summed E-state index contributed by atoms with van der Waals surface area (Å²) in [7, 11) is 0. The Balaban J connectivity index is 3.34. The molecule has 0 bridgehead atoms. The number of rotatable bonds is 57. The summed E-state index contributed by atoms with van der Waals surface area (Å²) in [4.78, 5) is 24.5. The number of unbranched alkanes of at least 4 members (excludes halogenated alkanes) is 46. The van der Waals surface area contributed by atoms with Crippen molar-refractivity contribution in [3.05, 3.63) is 0 Å². The molecule has 394 valence electrons. The molecule has 0 heterocycles. The van der Waals surface area contributed by atoms with E-state index in [4.69, 9.17) is 4.74 Å². The average molecular weight is 935 g/mol. The van der Waals surface area contributed by atoms with Gasteiger partial charge in [-0.1, -0.05) is 309 Å². The van der Waals surface area contributed by atoms with Crippen LogP contribution in [-0.2, 0) is 14.3 Å². The van der Waals surface area contributed by atoms with Gasteiger partial charge in [-0.25, -0.2) is 0 Å². The Kier molecular flexibility index (Phi) is 55.5. The molecule has 66 heavy (non-hydrogen) atoms. The zero-order valence-electron chi connectivity index (χ0n) is 45.0. The van der Waals surface area contributed by atoms with Crippen LogP contribution in [0.5, 0.6) is 0 Å². The Morgan fingerprint density at radius 1 is 0.364 bits per heavy atom. The molecule has 1 amide bonds. The summed E-state index contributed by atoms with van der Waals surface area (Å²) in [5.41, 5.74) is 0. The molecule has 3 N–H and O–H groups in total. The molecule has 0 aliphatic heterocycles. The zero-order chi connectivity index (χ0) is 47.9. The van der Waals surface area contributed by atoms with Crippen molar-refractivity contribution in [1.82, 2.24) is 5.32 Å². The minimum atomic E-state index is -0.661. The third kappa shape index (κ3) is 52.2. The molecule has 0 fully saturated rings. The van der Waals surface area contributed by atoms with Gasteiger partial charge in [-0.3, -0.25) is 9.59 Å². The van der Waals surface area contributed by atoms with Crippen molar-refractivity contribution in [2.24, 2.45) is 0 Å². The van der Waals surface area contributed by atoms with Gasteiger partial charge in [-0.15, -0.1) is 0 Å². The van der Waals surface area contributed by atoms with Crippen molar-refractivity contribution in [3.8, 4) is 0 Å². The number of carbonyl (C=O) groups is 2. The van der Waals surface area contributed by atoms with Crippen LogP contribution in [0, 0.1) is 0 Å². The van der Waals surface area contributed by atoms with E-state index in [1.54, 1.807) is 0 Å². The number of hydrogen-bond acceptors (Lipinski definition) is 5. The van der Waals surface area contributed by atoms with E-state index in [-0.39, 0.29) is 18.5 Å². The molecule has 0 aliphatic rings. The number of aliphatic hydroxyl groups is 2. The van der Waals surface area contributed by atoms with E-state index in [0.717, 1.165) is 38.5 Å². The SMILES string of the molecule is CCCCCCCCCCCCCCCCC(=O)OCCCCCCCCCCCCCCCCCCCCCCCCCC(=O)NC(CO)C(O)CCCCCCCCCCCCCC. The quantitative estimate of drug-likeness (QED) is 0.0417. The average Bonchev–Trinajstić information content (AvgIpc) is 3.32. The van der Waals surface area contributed by atoms with E-state index in [1.807, 2.05) is 0 Å². The van der Waals surface area contributed by atoms with Crippen molar-refractivity contribution in [2.45, 2.75) is 360 Å². The molecule has 0 aromatic carbocycles. The van der Waals surface area contributed by atoms with E-state index in [2.05, 4.69) is 19.2 Å². The smallest absolute Gasteiger partial charge is 0.305 e. The summed E-state index contributed by atoms with van der Waals surface area (Å²) in [5.74, 6) is -0.0154. The molecule has 0 saturated heterocycles. The Morgan fingerprint density at radius 3 is 0.924 bits per heavy atom. The lowest BCUT2D eigenvalue weighted by Crippen LogP contribution is -2.45. The Labute approximate surface area is 413 Å². The first kappa shape index (κ1) is 64.9. The van der Waals surface area contributed by atoms with Crippen molar-refractivity contribution in [3.63, 3.8) is 0 Å². The molecule has 0 rings (SSSR count). The van der Waals surface area contributed by atoms with E-state index < -0.39 is 12.1 Å². The molecule has 0 aromatic heterocycles. The largest absolute Gasteiger partial charge is 0.466 e. The van der Waals surface area contributed by atoms with Gasteiger partial charge in [0.25, 0.3) is 0 Å². The first-order valence-corrected chi connectivity index (χ1v) is 30.3. The van der Waals surface area contributed by atoms with E-state index in [0.29, 0.717) is 25.9 Å². The monoisotopic (exact) mass is 934 g/mol. The van der Waals surface area contributed by atoms with Gasteiger partial charge in [0, 0.05) is 12.8 Å². The van der Waals surface area contributed by atoms with Crippen LogP contribution in [0.4, 0.5) is 0 Å². The summed E-state index contributed by atoms with van der Waals surface area (Å²) in [6, 6.07) is -0.538. The van der Waals surface area contributed by atoms with Crippen LogP contribution in [0.1, 0.15) is 348 Å². The molecule has 0 aliphatic carbocycles. The summed E-state index contributed by atoms with van der Waals surface area (Å²) >= 11 is 0. The zero-order valence-corrected chi connectivity index (χ0v) is 45.0. The normalized spacial score (nSPS) is 12.5. The van der Waals surface area contributed by atoms with Crippen molar-refractivity contribution < 1.29 is 24.5 Å². The second-order valence-electron chi connectivity index (χ2n) is 21.1. The maximum absolute atomic E-state index is 12.5. The summed E-state index contributed by atoms with van der Waals surface area (Å²) in [6.45, 7) is 4.97. The molecule has 0 aromatic rings. The van der Waals surface area contributed by atoms with Crippen molar-refractivity contribution in [1.29, 1.82) is 0 Å². The molecule has 6 nitrogen and oxygen atoms in total. The third-order valence-electron chi connectivity index (χ3n) is 14.4. The van der Waals surface area contributed by atoms with Crippen molar-refractivity contribution in [2.75, 3.05) is 13.2 Å². The fraction of sp³-hybridized carbons (Fsp3) is 0.967. The molecule has 2 atom stereocenters. The highest BCUT2D eigenvalue weighted by Gasteiger charge is 2.20. The van der Waals surface area contributed by atoms with Crippen LogP contribution < -0.4 is 5.32 Å². The molecular weight excluding hydrogens is 815 g/mol. The third-order valence-corrected chi connectivity index (χ3v) is 14.4. The Hall–Kier alpha value is -1.14. The van der Waals surface area contributed by atoms with E-state index in [1.165, 1.54) is 276 Å². The number of amides is 1. The first-order chi connectivity index (χ1) is 32.5. The van der Waals surface area contributed by atoms with Crippen LogP contribution in [-0.4, -0.2) is 47.4 Å². The van der Waals surface area contributed by atoms with Crippen LogP contribution in [0.2, 0.25) is 0 Å². The van der Waals surface area contributed by atoms with Gasteiger partial charge in [0.1, 0.15) is 0 Å². The fourth-order valence-corrected chi connectivity index (χ4v) is 9.76. The van der Waals surface area contributed by atoms with Crippen LogP contribution >= 0.6 is 0 Å². The number of aliphatic hydroxyl groups excluding tert-OH is 2. The van der Waals surface area contributed by atoms with Gasteiger partial charge in [0.05, 0.1) is 25.4 Å². The first-order valence-electron chi connectivity index (χ1n) is 30.3. The Morgan fingerprint density at radius 2 is 0.621 bits per heavy atom. The number of ether oxygens (including phenoxy) is 1. The maximum atomic E-state index is 12.5. The maximum Gasteiger partial charge on any atom is 0.305 e. The predicted octanol–water partition coefficient (Wildman–Crippen LogP) is 18.7. The standard InChI is InChI=1S/C60H119NO5/c1-3-5-7-9-11-13-15-17-30-34-38-42-46-50-54-60(65)66-55-51-47-43-39-35-31-28-26-24-22-20-18-19-21-23-25-27-29-33-37-41-45-49-53-59(64)61-57(56-62)58(63)52-48-44-40-36-32-16-14-12-10-8-6-4-2/h57-58,62-63H,3-56H2,1-2H3,(H,61,64).